The van der Waals surface area contributed by atoms with Crippen LogP contribution in [0.25, 0.3) is 0 Å². The number of anilines is 1. The standard InChI is InChI=1S/C17H22N2O3S2/c1-14(2)22-16-7-5-15(6-8-16)18-9-11-19(12-10-18)24(20,21)17-4-3-13-23-17/h3-8,13-14H,9-12H2,1-2H3. The molecule has 0 spiro atoms. The van der Waals surface area contributed by atoms with Crippen LogP contribution >= 0.6 is 11.3 Å². The number of rotatable bonds is 5. The molecule has 1 aliphatic rings. The topological polar surface area (TPSA) is 49.9 Å². The number of sulfonamides is 1. The van der Waals surface area contributed by atoms with E-state index in [2.05, 4.69) is 4.90 Å². The molecule has 0 aliphatic carbocycles. The van der Waals surface area contributed by atoms with Gasteiger partial charge in [0.25, 0.3) is 10.0 Å². The highest BCUT2D eigenvalue weighted by atomic mass is 32.2. The zero-order valence-corrected chi connectivity index (χ0v) is 15.5. The molecule has 1 aromatic heterocycles. The van der Waals surface area contributed by atoms with E-state index in [9.17, 15) is 8.42 Å². The van der Waals surface area contributed by atoms with Gasteiger partial charge in [-0.15, -0.1) is 11.3 Å². The van der Waals surface area contributed by atoms with Crippen LogP contribution < -0.4 is 9.64 Å². The van der Waals surface area contributed by atoms with Crippen LogP contribution in [0.1, 0.15) is 13.8 Å². The predicted octanol–water partition coefficient (Wildman–Crippen LogP) is 3.05. The zero-order chi connectivity index (χ0) is 17.2. The van der Waals surface area contributed by atoms with Crippen LogP contribution in [0.3, 0.4) is 0 Å². The monoisotopic (exact) mass is 366 g/mol. The molecule has 2 aromatic rings. The van der Waals surface area contributed by atoms with Crippen LogP contribution in [-0.4, -0.2) is 45.0 Å². The van der Waals surface area contributed by atoms with E-state index >= 15 is 0 Å². The Kier molecular flexibility index (Phi) is 5.12. The summed E-state index contributed by atoms with van der Waals surface area (Å²) in [5.41, 5.74) is 1.10. The molecule has 1 aliphatic heterocycles. The summed E-state index contributed by atoms with van der Waals surface area (Å²) in [5, 5.41) is 1.80. The second-order valence-electron chi connectivity index (χ2n) is 5.98. The van der Waals surface area contributed by atoms with Crippen molar-refractivity contribution in [2.75, 3.05) is 31.1 Å². The molecule has 0 radical (unpaired) electrons. The first-order valence-electron chi connectivity index (χ1n) is 8.02. The Morgan fingerprint density at radius 2 is 1.71 bits per heavy atom. The summed E-state index contributed by atoms with van der Waals surface area (Å²) in [6.45, 7) is 6.39. The van der Waals surface area contributed by atoms with E-state index in [0.29, 0.717) is 30.4 Å². The summed E-state index contributed by atoms with van der Waals surface area (Å²) < 4.78 is 32.7. The molecule has 130 valence electrons. The van der Waals surface area contributed by atoms with Gasteiger partial charge in [0, 0.05) is 31.9 Å². The molecule has 1 aromatic carbocycles. The van der Waals surface area contributed by atoms with Gasteiger partial charge in [0.05, 0.1) is 6.10 Å². The molecule has 0 unspecified atom stereocenters. The molecule has 1 fully saturated rings. The van der Waals surface area contributed by atoms with Crippen molar-refractivity contribution in [1.82, 2.24) is 4.31 Å². The minimum atomic E-state index is -3.34. The van der Waals surface area contributed by atoms with Gasteiger partial charge < -0.3 is 9.64 Å². The molecule has 5 nitrogen and oxygen atoms in total. The lowest BCUT2D eigenvalue weighted by atomic mass is 10.2. The molecule has 0 N–H and O–H groups in total. The van der Waals surface area contributed by atoms with Crippen LogP contribution in [0.5, 0.6) is 5.75 Å². The molecule has 1 saturated heterocycles. The summed E-state index contributed by atoms with van der Waals surface area (Å²) in [5.74, 6) is 0.854. The lowest BCUT2D eigenvalue weighted by molar-refractivity contribution is 0.242. The van der Waals surface area contributed by atoms with Crippen molar-refractivity contribution in [1.29, 1.82) is 0 Å². The van der Waals surface area contributed by atoms with Gasteiger partial charge in [0.1, 0.15) is 9.96 Å². The third kappa shape index (κ3) is 3.74. The fourth-order valence-corrected chi connectivity index (χ4v) is 5.30. The Morgan fingerprint density at radius 3 is 2.25 bits per heavy atom. The fourth-order valence-electron chi connectivity index (χ4n) is 2.73. The summed E-state index contributed by atoms with van der Waals surface area (Å²) in [6, 6.07) is 11.4. The molecular formula is C17H22N2O3S2. The highest BCUT2D eigenvalue weighted by molar-refractivity contribution is 7.91. The lowest BCUT2D eigenvalue weighted by Crippen LogP contribution is -2.48. The first-order valence-corrected chi connectivity index (χ1v) is 10.3. The van der Waals surface area contributed by atoms with Crippen LogP contribution in [0.2, 0.25) is 0 Å². The quantitative estimate of drug-likeness (QED) is 0.816. The minimum absolute atomic E-state index is 0.154. The zero-order valence-electron chi connectivity index (χ0n) is 13.9. The van der Waals surface area contributed by atoms with E-state index in [4.69, 9.17) is 4.74 Å². The van der Waals surface area contributed by atoms with E-state index < -0.39 is 10.0 Å². The normalized spacial score (nSPS) is 16.5. The number of hydrogen-bond donors (Lipinski definition) is 0. The maximum Gasteiger partial charge on any atom is 0.252 e. The lowest BCUT2D eigenvalue weighted by Gasteiger charge is -2.35. The summed E-state index contributed by atoms with van der Waals surface area (Å²) in [6.07, 6.45) is 0.154. The first-order chi connectivity index (χ1) is 11.5. The van der Waals surface area contributed by atoms with E-state index in [1.807, 2.05) is 38.1 Å². The van der Waals surface area contributed by atoms with Crippen LogP contribution in [0, 0.1) is 0 Å². The highest BCUT2D eigenvalue weighted by Gasteiger charge is 2.29. The number of piperazine rings is 1. The van der Waals surface area contributed by atoms with Crippen LogP contribution in [0.15, 0.2) is 46.0 Å². The average Bonchev–Trinajstić information content (AvgIpc) is 3.10. The number of hydrogen-bond acceptors (Lipinski definition) is 5. The van der Waals surface area contributed by atoms with Crippen molar-refractivity contribution < 1.29 is 13.2 Å². The van der Waals surface area contributed by atoms with Gasteiger partial charge >= 0.3 is 0 Å². The molecule has 3 rings (SSSR count). The molecule has 7 heteroatoms. The molecule has 24 heavy (non-hydrogen) atoms. The van der Waals surface area contributed by atoms with Gasteiger partial charge in [0.2, 0.25) is 0 Å². The van der Waals surface area contributed by atoms with Crippen molar-refractivity contribution in [2.45, 2.75) is 24.2 Å². The van der Waals surface area contributed by atoms with Crippen molar-refractivity contribution in [3.05, 3.63) is 41.8 Å². The smallest absolute Gasteiger partial charge is 0.252 e. The Hall–Kier alpha value is -1.57. The Bertz CT molecular complexity index is 748. The van der Waals surface area contributed by atoms with Gasteiger partial charge in [-0.25, -0.2) is 8.42 Å². The molecular weight excluding hydrogens is 344 g/mol. The van der Waals surface area contributed by atoms with E-state index in [-0.39, 0.29) is 6.10 Å². The molecule has 2 heterocycles. The maximum atomic E-state index is 12.5. The van der Waals surface area contributed by atoms with Gasteiger partial charge in [-0.05, 0) is 49.6 Å². The second kappa shape index (κ2) is 7.13. The van der Waals surface area contributed by atoms with Gasteiger partial charge in [-0.3, -0.25) is 0 Å². The van der Waals surface area contributed by atoms with Gasteiger partial charge in [-0.1, -0.05) is 6.07 Å². The number of thiophene rings is 1. The first kappa shape index (κ1) is 17.3. The average molecular weight is 367 g/mol. The van der Waals surface area contributed by atoms with Crippen molar-refractivity contribution in [3.63, 3.8) is 0 Å². The minimum Gasteiger partial charge on any atom is -0.491 e. The number of nitrogens with zero attached hydrogens (tertiary/aromatic N) is 2. The largest absolute Gasteiger partial charge is 0.491 e. The van der Waals surface area contributed by atoms with Crippen molar-refractivity contribution >= 4 is 27.0 Å². The van der Waals surface area contributed by atoms with Gasteiger partial charge in [-0.2, -0.15) is 4.31 Å². The predicted molar refractivity (Wildman–Crippen MR) is 97.5 cm³/mol. The Morgan fingerprint density at radius 1 is 1.04 bits per heavy atom. The molecule has 0 amide bonds. The Balaban J connectivity index is 1.63. The second-order valence-corrected chi connectivity index (χ2v) is 9.10. The van der Waals surface area contributed by atoms with E-state index in [1.165, 1.54) is 11.3 Å². The third-order valence-electron chi connectivity index (χ3n) is 3.90. The SMILES string of the molecule is CC(C)Oc1ccc(N2CCN(S(=O)(=O)c3cccs3)CC2)cc1. The van der Waals surface area contributed by atoms with Gasteiger partial charge in [0.15, 0.2) is 0 Å². The Labute approximate surface area is 147 Å². The maximum absolute atomic E-state index is 12.5. The highest BCUT2D eigenvalue weighted by Crippen LogP contribution is 2.25. The van der Waals surface area contributed by atoms with Crippen molar-refractivity contribution in [2.24, 2.45) is 0 Å². The number of ether oxygens (including phenoxy) is 1. The molecule has 0 atom stereocenters. The summed E-state index contributed by atoms with van der Waals surface area (Å²) in [7, 11) is -3.34. The number of benzene rings is 1. The molecule has 0 saturated carbocycles. The molecule has 0 bridgehead atoms. The summed E-state index contributed by atoms with van der Waals surface area (Å²) >= 11 is 1.27. The fraction of sp³-hybridized carbons (Fsp3) is 0.412. The van der Waals surface area contributed by atoms with Crippen molar-refractivity contribution in [3.8, 4) is 5.75 Å². The summed E-state index contributed by atoms with van der Waals surface area (Å²) in [4.78, 5) is 2.21. The van der Waals surface area contributed by atoms with E-state index in [1.54, 1.807) is 21.8 Å². The van der Waals surface area contributed by atoms with Crippen LogP contribution in [0.4, 0.5) is 5.69 Å². The van der Waals surface area contributed by atoms with E-state index in [0.717, 1.165) is 11.4 Å². The van der Waals surface area contributed by atoms with Crippen LogP contribution in [-0.2, 0) is 10.0 Å². The third-order valence-corrected chi connectivity index (χ3v) is 7.17.